The van der Waals surface area contributed by atoms with Gasteiger partial charge in [-0.1, -0.05) is 6.92 Å². The quantitative estimate of drug-likeness (QED) is 0.824. The van der Waals surface area contributed by atoms with Crippen LogP contribution in [0.25, 0.3) is 0 Å². The monoisotopic (exact) mass is 269 g/mol. The fraction of sp³-hybridized carbons (Fsp3) is 0.750. The molecule has 6 heteroatoms. The predicted octanol–water partition coefficient (Wildman–Crippen LogP) is 2.22. The maximum Gasteiger partial charge on any atom is 0.231 e. The summed E-state index contributed by atoms with van der Waals surface area (Å²) < 4.78 is 0. The van der Waals surface area contributed by atoms with Crippen LogP contribution in [0, 0.1) is 5.92 Å². The molecule has 1 aliphatic rings. The SMILES string of the molecule is CC1CCCN(c2nc(Cl)nc(N(C)C)n2)CC1. The van der Waals surface area contributed by atoms with Crippen LogP contribution in [0.3, 0.4) is 0 Å². The Morgan fingerprint density at radius 3 is 2.67 bits per heavy atom. The van der Waals surface area contributed by atoms with Crippen molar-refractivity contribution in [2.75, 3.05) is 37.0 Å². The molecule has 0 aromatic carbocycles. The zero-order valence-electron chi connectivity index (χ0n) is 11.2. The Labute approximate surface area is 113 Å². The molecule has 0 saturated carbocycles. The molecule has 100 valence electrons. The molecule has 0 N–H and O–H groups in total. The van der Waals surface area contributed by atoms with Crippen LogP contribution in [-0.2, 0) is 0 Å². The molecule has 1 atom stereocenters. The Bertz CT molecular complexity index is 409. The average molecular weight is 270 g/mol. The third-order valence-electron chi connectivity index (χ3n) is 3.28. The largest absolute Gasteiger partial charge is 0.347 e. The van der Waals surface area contributed by atoms with Gasteiger partial charge in [-0.25, -0.2) is 0 Å². The summed E-state index contributed by atoms with van der Waals surface area (Å²) >= 11 is 5.97. The van der Waals surface area contributed by atoms with E-state index in [2.05, 4.69) is 26.8 Å². The topological polar surface area (TPSA) is 45.2 Å². The van der Waals surface area contributed by atoms with E-state index in [0.29, 0.717) is 11.9 Å². The molecule has 0 radical (unpaired) electrons. The Balaban J connectivity index is 2.21. The predicted molar refractivity (Wildman–Crippen MR) is 74.4 cm³/mol. The highest BCUT2D eigenvalue weighted by molar-refractivity contribution is 6.28. The molecule has 0 aliphatic carbocycles. The highest BCUT2D eigenvalue weighted by Gasteiger charge is 2.18. The summed E-state index contributed by atoms with van der Waals surface area (Å²) in [5, 5.41) is 0.265. The van der Waals surface area contributed by atoms with E-state index in [1.807, 2.05) is 19.0 Å². The van der Waals surface area contributed by atoms with Gasteiger partial charge < -0.3 is 9.80 Å². The van der Waals surface area contributed by atoms with Gasteiger partial charge in [0, 0.05) is 27.2 Å². The third kappa shape index (κ3) is 3.22. The summed E-state index contributed by atoms with van der Waals surface area (Å²) in [7, 11) is 3.81. The van der Waals surface area contributed by atoms with E-state index in [0.717, 1.165) is 19.0 Å². The number of hydrogen-bond donors (Lipinski definition) is 0. The van der Waals surface area contributed by atoms with E-state index in [1.165, 1.54) is 19.3 Å². The van der Waals surface area contributed by atoms with Gasteiger partial charge in [0.15, 0.2) is 0 Å². The summed E-state index contributed by atoms with van der Waals surface area (Å²) in [5.74, 6) is 2.09. The van der Waals surface area contributed by atoms with Crippen molar-refractivity contribution in [3.8, 4) is 0 Å². The van der Waals surface area contributed by atoms with Crippen molar-refractivity contribution in [1.29, 1.82) is 0 Å². The van der Waals surface area contributed by atoms with Gasteiger partial charge in [0.2, 0.25) is 17.2 Å². The number of aromatic nitrogens is 3. The second kappa shape index (κ2) is 5.69. The van der Waals surface area contributed by atoms with Crippen LogP contribution in [0.4, 0.5) is 11.9 Å². The maximum absolute atomic E-state index is 5.97. The number of nitrogens with zero attached hydrogens (tertiary/aromatic N) is 5. The maximum atomic E-state index is 5.97. The van der Waals surface area contributed by atoms with Gasteiger partial charge in [-0.15, -0.1) is 0 Å². The first-order valence-electron chi connectivity index (χ1n) is 6.40. The number of halogens is 1. The van der Waals surface area contributed by atoms with E-state index in [-0.39, 0.29) is 5.28 Å². The summed E-state index contributed by atoms with van der Waals surface area (Å²) in [6.07, 6.45) is 3.64. The van der Waals surface area contributed by atoms with Crippen LogP contribution in [-0.4, -0.2) is 42.1 Å². The van der Waals surface area contributed by atoms with E-state index in [9.17, 15) is 0 Å². The summed E-state index contributed by atoms with van der Waals surface area (Å²) in [6.45, 7) is 4.29. The van der Waals surface area contributed by atoms with Crippen LogP contribution >= 0.6 is 11.6 Å². The minimum absolute atomic E-state index is 0.265. The van der Waals surface area contributed by atoms with Crippen LogP contribution in [0.2, 0.25) is 5.28 Å². The second-order valence-electron chi connectivity index (χ2n) is 5.12. The van der Waals surface area contributed by atoms with Crippen LogP contribution < -0.4 is 9.80 Å². The first-order chi connectivity index (χ1) is 8.56. The highest BCUT2D eigenvalue weighted by Crippen LogP contribution is 2.21. The molecule has 1 aromatic heterocycles. The standard InChI is InChI=1S/C12H20ClN5/c1-9-5-4-7-18(8-6-9)12-15-10(13)14-11(16-12)17(2)3/h9H,4-8H2,1-3H3. The van der Waals surface area contributed by atoms with Crippen molar-refractivity contribution in [1.82, 2.24) is 15.0 Å². The molecule has 0 spiro atoms. The van der Waals surface area contributed by atoms with E-state index >= 15 is 0 Å². The molecule has 1 aliphatic heterocycles. The zero-order chi connectivity index (χ0) is 13.1. The van der Waals surface area contributed by atoms with Gasteiger partial charge in [-0.3, -0.25) is 0 Å². The first kappa shape index (κ1) is 13.3. The molecule has 5 nitrogen and oxygen atoms in total. The van der Waals surface area contributed by atoms with Gasteiger partial charge in [0.05, 0.1) is 0 Å². The smallest absolute Gasteiger partial charge is 0.231 e. The van der Waals surface area contributed by atoms with Crippen LogP contribution in [0.1, 0.15) is 26.2 Å². The lowest BCUT2D eigenvalue weighted by atomic mass is 10.0. The Morgan fingerprint density at radius 2 is 1.94 bits per heavy atom. The first-order valence-corrected chi connectivity index (χ1v) is 6.78. The van der Waals surface area contributed by atoms with Gasteiger partial charge in [0.1, 0.15) is 0 Å². The number of anilines is 2. The van der Waals surface area contributed by atoms with Crippen molar-refractivity contribution in [2.24, 2.45) is 5.92 Å². The third-order valence-corrected chi connectivity index (χ3v) is 3.45. The van der Waals surface area contributed by atoms with Crippen LogP contribution in [0.5, 0.6) is 0 Å². The fourth-order valence-electron chi connectivity index (χ4n) is 2.13. The minimum Gasteiger partial charge on any atom is -0.347 e. The Kier molecular flexibility index (Phi) is 4.22. The van der Waals surface area contributed by atoms with E-state index in [4.69, 9.17) is 11.6 Å². The molecule has 2 heterocycles. The highest BCUT2D eigenvalue weighted by atomic mass is 35.5. The van der Waals surface area contributed by atoms with Gasteiger partial charge >= 0.3 is 0 Å². The average Bonchev–Trinajstić information content (AvgIpc) is 2.53. The zero-order valence-corrected chi connectivity index (χ0v) is 12.0. The van der Waals surface area contributed by atoms with Crippen molar-refractivity contribution >= 4 is 23.5 Å². The lowest BCUT2D eigenvalue weighted by Crippen LogP contribution is -2.27. The van der Waals surface area contributed by atoms with Crippen molar-refractivity contribution < 1.29 is 0 Å². The molecule has 1 unspecified atom stereocenters. The van der Waals surface area contributed by atoms with Gasteiger partial charge in [0.25, 0.3) is 0 Å². The summed E-state index contributed by atoms with van der Waals surface area (Å²) in [6, 6.07) is 0. The molecule has 0 amide bonds. The van der Waals surface area contributed by atoms with Crippen molar-refractivity contribution in [2.45, 2.75) is 26.2 Å². The van der Waals surface area contributed by atoms with E-state index < -0.39 is 0 Å². The normalized spacial score (nSPS) is 20.7. The molecule has 1 aromatic rings. The molecule has 18 heavy (non-hydrogen) atoms. The Morgan fingerprint density at radius 1 is 1.17 bits per heavy atom. The fourth-order valence-corrected chi connectivity index (χ4v) is 2.29. The van der Waals surface area contributed by atoms with E-state index in [1.54, 1.807) is 0 Å². The number of hydrogen-bond acceptors (Lipinski definition) is 5. The summed E-state index contributed by atoms with van der Waals surface area (Å²) in [4.78, 5) is 16.9. The lowest BCUT2D eigenvalue weighted by Gasteiger charge is -2.21. The molecular weight excluding hydrogens is 250 g/mol. The van der Waals surface area contributed by atoms with Crippen LogP contribution in [0.15, 0.2) is 0 Å². The number of rotatable bonds is 2. The van der Waals surface area contributed by atoms with Crippen molar-refractivity contribution in [3.05, 3.63) is 5.28 Å². The van der Waals surface area contributed by atoms with Gasteiger partial charge in [-0.2, -0.15) is 15.0 Å². The summed E-state index contributed by atoms with van der Waals surface area (Å²) in [5.41, 5.74) is 0. The molecule has 1 saturated heterocycles. The van der Waals surface area contributed by atoms with Gasteiger partial charge in [-0.05, 0) is 36.8 Å². The van der Waals surface area contributed by atoms with Crippen molar-refractivity contribution in [3.63, 3.8) is 0 Å². The molecule has 0 bridgehead atoms. The molecular formula is C12H20ClN5. The minimum atomic E-state index is 0.265. The lowest BCUT2D eigenvalue weighted by molar-refractivity contribution is 0.521. The second-order valence-corrected chi connectivity index (χ2v) is 5.46. The Hall–Kier alpha value is -1.10. The molecule has 2 rings (SSSR count). The molecule has 1 fully saturated rings.